The molecule has 0 saturated carbocycles. The van der Waals surface area contributed by atoms with Gasteiger partial charge in [-0.05, 0) is 50.0 Å². The van der Waals surface area contributed by atoms with E-state index in [1.54, 1.807) is 12.4 Å². The lowest BCUT2D eigenvalue weighted by molar-refractivity contribution is 0.0779. The van der Waals surface area contributed by atoms with E-state index in [4.69, 9.17) is 0 Å². The van der Waals surface area contributed by atoms with Crippen molar-refractivity contribution in [3.63, 3.8) is 0 Å². The van der Waals surface area contributed by atoms with Crippen LogP contribution < -0.4 is 0 Å². The molecule has 1 amide bonds. The highest BCUT2D eigenvalue weighted by molar-refractivity contribution is 5.97. The first-order valence-corrected chi connectivity index (χ1v) is 9.08. The van der Waals surface area contributed by atoms with Crippen LogP contribution in [0.3, 0.4) is 0 Å². The Kier molecular flexibility index (Phi) is 4.63. The van der Waals surface area contributed by atoms with Crippen molar-refractivity contribution >= 4 is 16.9 Å². The number of rotatable bonds is 4. The summed E-state index contributed by atoms with van der Waals surface area (Å²) in [5, 5.41) is 9.75. The van der Waals surface area contributed by atoms with Gasteiger partial charge in [0.2, 0.25) is 0 Å². The zero-order valence-electron chi connectivity index (χ0n) is 14.3. The van der Waals surface area contributed by atoms with E-state index in [2.05, 4.69) is 14.9 Å². The molecule has 0 bridgehead atoms. The summed E-state index contributed by atoms with van der Waals surface area (Å²) in [6, 6.07) is 5.48. The zero-order valence-corrected chi connectivity index (χ0v) is 14.3. The smallest absolute Gasteiger partial charge is 0.253 e. The number of amides is 1. The van der Waals surface area contributed by atoms with E-state index in [-0.39, 0.29) is 18.4 Å². The number of carbonyl (C=O) groups excluding carboxylic acids is 1. The standard InChI is InChI=1S/C19H24N4O2/c24-13-16-12-23(11-15(16)10-22-7-1-2-8-22)19(25)14-3-4-17-18(9-14)21-6-5-20-17/h3-6,9,15-16,24H,1-2,7-8,10-13H2/t15-,16-/m1/s1. The van der Waals surface area contributed by atoms with Gasteiger partial charge in [0.05, 0.1) is 11.0 Å². The first-order chi connectivity index (χ1) is 12.2. The summed E-state index contributed by atoms with van der Waals surface area (Å²) in [4.78, 5) is 25.8. The van der Waals surface area contributed by atoms with E-state index >= 15 is 0 Å². The number of hydrogen-bond donors (Lipinski definition) is 1. The molecule has 25 heavy (non-hydrogen) atoms. The third kappa shape index (κ3) is 3.37. The number of fused-ring (bicyclic) bond motifs is 1. The maximum atomic E-state index is 12.9. The number of carbonyl (C=O) groups is 1. The normalized spacial score (nSPS) is 24.3. The highest BCUT2D eigenvalue weighted by Crippen LogP contribution is 2.27. The lowest BCUT2D eigenvalue weighted by Crippen LogP contribution is -2.32. The Morgan fingerprint density at radius 2 is 1.80 bits per heavy atom. The summed E-state index contributed by atoms with van der Waals surface area (Å²) in [5.41, 5.74) is 2.17. The molecule has 2 aliphatic rings. The largest absolute Gasteiger partial charge is 0.396 e. The van der Waals surface area contributed by atoms with Gasteiger partial charge in [-0.15, -0.1) is 0 Å². The Hall–Kier alpha value is -2.05. The third-order valence-electron chi connectivity index (χ3n) is 5.51. The Morgan fingerprint density at radius 1 is 1.08 bits per heavy atom. The van der Waals surface area contributed by atoms with Crippen LogP contribution in [0.5, 0.6) is 0 Å². The van der Waals surface area contributed by atoms with E-state index in [1.165, 1.54) is 12.8 Å². The molecule has 2 aromatic rings. The molecule has 6 heteroatoms. The van der Waals surface area contributed by atoms with Crippen LogP contribution >= 0.6 is 0 Å². The van der Waals surface area contributed by atoms with E-state index in [0.717, 1.165) is 37.2 Å². The van der Waals surface area contributed by atoms with Gasteiger partial charge in [-0.25, -0.2) is 0 Å². The fraction of sp³-hybridized carbons (Fsp3) is 0.526. The Bertz CT molecular complexity index is 760. The molecule has 0 spiro atoms. The van der Waals surface area contributed by atoms with E-state index in [9.17, 15) is 9.90 Å². The summed E-state index contributed by atoms with van der Waals surface area (Å²) >= 11 is 0. The molecule has 0 aliphatic carbocycles. The maximum Gasteiger partial charge on any atom is 0.253 e. The van der Waals surface area contributed by atoms with Crippen molar-refractivity contribution in [1.82, 2.24) is 19.8 Å². The van der Waals surface area contributed by atoms with Gasteiger partial charge in [0.25, 0.3) is 5.91 Å². The van der Waals surface area contributed by atoms with Crippen molar-refractivity contribution in [2.24, 2.45) is 11.8 Å². The van der Waals surface area contributed by atoms with Gasteiger partial charge < -0.3 is 14.9 Å². The van der Waals surface area contributed by atoms with Crippen molar-refractivity contribution in [2.75, 3.05) is 39.3 Å². The number of hydrogen-bond acceptors (Lipinski definition) is 5. The second-order valence-corrected chi connectivity index (χ2v) is 7.18. The van der Waals surface area contributed by atoms with Crippen LogP contribution in [-0.2, 0) is 0 Å². The van der Waals surface area contributed by atoms with Gasteiger partial charge in [-0.2, -0.15) is 0 Å². The zero-order chi connectivity index (χ0) is 17.2. The van der Waals surface area contributed by atoms with E-state index < -0.39 is 0 Å². The predicted molar refractivity (Wildman–Crippen MR) is 95.2 cm³/mol. The fourth-order valence-electron chi connectivity index (χ4n) is 4.09. The fourth-order valence-corrected chi connectivity index (χ4v) is 4.09. The van der Waals surface area contributed by atoms with Crippen molar-refractivity contribution in [2.45, 2.75) is 12.8 Å². The topological polar surface area (TPSA) is 69.6 Å². The Labute approximate surface area is 147 Å². The molecule has 6 nitrogen and oxygen atoms in total. The molecule has 1 aromatic carbocycles. The van der Waals surface area contributed by atoms with Crippen molar-refractivity contribution in [3.8, 4) is 0 Å². The highest BCUT2D eigenvalue weighted by atomic mass is 16.3. The summed E-state index contributed by atoms with van der Waals surface area (Å²) in [5.74, 6) is 0.548. The average Bonchev–Trinajstić information content (AvgIpc) is 3.30. The SMILES string of the molecule is O=C(c1ccc2nccnc2c1)N1C[C@@H](CN2CCCC2)[C@@H](CO)C1. The van der Waals surface area contributed by atoms with E-state index in [0.29, 0.717) is 18.0 Å². The van der Waals surface area contributed by atoms with Gasteiger partial charge in [-0.1, -0.05) is 0 Å². The summed E-state index contributed by atoms with van der Waals surface area (Å²) in [6.07, 6.45) is 5.81. The van der Waals surface area contributed by atoms with Crippen LogP contribution in [-0.4, -0.2) is 70.1 Å². The van der Waals surface area contributed by atoms with Crippen molar-refractivity contribution in [3.05, 3.63) is 36.2 Å². The van der Waals surface area contributed by atoms with Crippen LogP contribution in [0.25, 0.3) is 11.0 Å². The molecule has 3 heterocycles. The molecule has 0 unspecified atom stereocenters. The minimum atomic E-state index is 0.0231. The average molecular weight is 340 g/mol. The number of nitrogens with zero attached hydrogens (tertiary/aromatic N) is 4. The molecule has 2 fully saturated rings. The summed E-state index contributed by atoms with van der Waals surface area (Å²) < 4.78 is 0. The predicted octanol–water partition coefficient (Wildman–Crippen LogP) is 1.41. The quantitative estimate of drug-likeness (QED) is 0.911. The van der Waals surface area contributed by atoms with Gasteiger partial charge in [0.1, 0.15) is 0 Å². The maximum absolute atomic E-state index is 12.9. The van der Waals surface area contributed by atoms with Crippen LogP contribution in [0.2, 0.25) is 0 Å². The van der Waals surface area contributed by atoms with Gasteiger partial charge in [0, 0.05) is 50.1 Å². The molecule has 1 N–H and O–H groups in total. The molecule has 132 valence electrons. The van der Waals surface area contributed by atoms with E-state index in [1.807, 2.05) is 23.1 Å². The highest BCUT2D eigenvalue weighted by Gasteiger charge is 2.36. The molecule has 1 aromatic heterocycles. The molecule has 2 saturated heterocycles. The third-order valence-corrected chi connectivity index (χ3v) is 5.51. The Balaban J connectivity index is 1.49. The minimum absolute atomic E-state index is 0.0231. The second kappa shape index (κ2) is 7.06. The number of aliphatic hydroxyl groups is 1. The molecule has 4 rings (SSSR count). The Morgan fingerprint density at radius 3 is 2.56 bits per heavy atom. The number of aromatic nitrogens is 2. The monoisotopic (exact) mass is 340 g/mol. The summed E-state index contributed by atoms with van der Waals surface area (Å²) in [7, 11) is 0. The lowest BCUT2D eigenvalue weighted by Gasteiger charge is -2.22. The first kappa shape index (κ1) is 16.4. The number of aliphatic hydroxyl groups excluding tert-OH is 1. The lowest BCUT2D eigenvalue weighted by atomic mass is 9.96. The van der Waals surface area contributed by atoms with Crippen LogP contribution in [0.1, 0.15) is 23.2 Å². The van der Waals surface area contributed by atoms with Crippen molar-refractivity contribution < 1.29 is 9.90 Å². The van der Waals surface area contributed by atoms with Crippen molar-refractivity contribution in [1.29, 1.82) is 0 Å². The second-order valence-electron chi connectivity index (χ2n) is 7.18. The molecular weight excluding hydrogens is 316 g/mol. The van der Waals surface area contributed by atoms with Gasteiger partial charge >= 0.3 is 0 Å². The molecule has 2 aliphatic heterocycles. The van der Waals surface area contributed by atoms with Gasteiger partial charge in [-0.3, -0.25) is 14.8 Å². The number of benzene rings is 1. The van der Waals surface area contributed by atoms with Crippen LogP contribution in [0, 0.1) is 11.8 Å². The number of likely N-dealkylation sites (tertiary alicyclic amines) is 2. The minimum Gasteiger partial charge on any atom is -0.396 e. The molecule has 0 radical (unpaired) electrons. The summed E-state index contributed by atoms with van der Waals surface area (Å²) in [6.45, 7) is 4.77. The first-order valence-electron chi connectivity index (χ1n) is 9.08. The molecular formula is C19H24N4O2. The van der Waals surface area contributed by atoms with Crippen LogP contribution in [0.15, 0.2) is 30.6 Å². The molecule has 2 atom stereocenters. The van der Waals surface area contributed by atoms with Crippen LogP contribution in [0.4, 0.5) is 0 Å². The van der Waals surface area contributed by atoms with Gasteiger partial charge in [0.15, 0.2) is 0 Å².